The van der Waals surface area contributed by atoms with Gasteiger partial charge in [0, 0.05) is 23.1 Å². The van der Waals surface area contributed by atoms with Gasteiger partial charge in [0.15, 0.2) is 0 Å². The molecule has 0 bridgehead atoms. The number of anilines is 1. The van der Waals surface area contributed by atoms with Crippen molar-refractivity contribution in [1.82, 2.24) is 10.9 Å². The maximum Gasteiger partial charge on any atom is 0.260 e. The summed E-state index contributed by atoms with van der Waals surface area (Å²) >= 11 is 1.85. The maximum atomic E-state index is 12.5. The molecule has 1 aliphatic rings. The van der Waals surface area contributed by atoms with Gasteiger partial charge in [-0.25, -0.2) is 0 Å². The molecule has 2 amide bonds. The van der Waals surface area contributed by atoms with Crippen LogP contribution in [0.4, 0.5) is 5.69 Å². The van der Waals surface area contributed by atoms with E-state index in [1.54, 1.807) is 0 Å². The van der Waals surface area contributed by atoms with Gasteiger partial charge in [0.1, 0.15) is 6.04 Å². The van der Waals surface area contributed by atoms with Gasteiger partial charge in [-0.1, -0.05) is 32.9 Å². The Morgan fingerprint density at radius 2 is 1.96 bits per heavy atom. The smallest absolute Gasteiger partial charge is 0.260 e. The molecule has 2 N–H and O–H groups in total. The lowest BCUT2D eigenvalue weighted by Gasteiger charge is -2.30. The molecule has 1 aliphatic heterocycles. The van der Waals surface area contributed by atoms with Crippen molar-refractivity contribution < 1.29 is 9.59 Å². The molecule has 5 nitrogen and oxygen atoms in total. The van der Waals surface area contributed by atoms with Crippen molar-refractivity contribution in [2.24, 2.45) is 5.92 Å². The second-order valence-electron chi connectivity index (χ2n) is 6.69. The Bertz CT molecular complexity index is 591. The number of fused-ring (bicyclic) bond motifs is 1. The van der Waals surface area contributed by atoms with E-state index in [0.717, 1.165) is 18.7 Å². The number of rotatable bonds is 4. The highest BCUT2D eigenvalue weighted by Gasteiger charge is 2.27. The van der Waals surface area contributed by atoms with Gasteiger partial charge < -0.3 is 4.90 Å². The lowest BCUT2D eigenvalue weighted by molar-refractivity contribution is -0.129. The zero-order chi connectivity index (χ0) is 17.7. The highest BCUT2D eigenvalue weighted by Crippen LogP contribution is 2.38. The number of nitrogens with zero attached hydrogens (tertiary/aromatic N) is 1. The van der Waals surface area contributed by atoms with Crippen LogP contribution in [0.1, 0.15) is 40.5 Å². The first-order chi connectivity index (χ1) is 11.4. The molecule has 1 aromatic rings. The van der Waals surface area contributed by atoms with Crippen LogP contribution in [-0.4, -0.2) is 29.7 Å². The van der Waals surface area contributed by atoms with Gasteiger partial charge in [-0.05, 0) is 31.4 Å². The highest BCUT2D eigenvalue weighted by atomic mass is 32.2. The standard InChI is InChI=1S/C18H27N3O2S/c1-12(2)11-17(22)19-20-18(23)14(4)21-10-9-13(3)24-16-8-6-5-7-15(16)21/h5-8,12-14H,9-11H2,1-4H3,(H,19,22)(H,20,23). The number of nitrogens with one attached hydrogen (secondary N) is 2. The second-order valence-corrected chi connectivity index (χ2v) is 8.17. The number of hydrogen-bond acceptors (Lipinski definition) is 4. The van der Waals surface area contributed by atoms with E-state index in [4.69, 9.17) is 0 Å². The number of amides is 2. The van der Waals surface area contributed by atoms with Gasteiger partial charge in [0.25, 0.3) is 5.91 Å². The van der Waals surface area contributed by atoms with Crippen molar-refractivity contribution in [3.63, 3.8) is 0 Å². The number of hydrogen-bond donors (Lipinski definition) is 2. The normalized spacial score (nSPS) is 18.5. The van der Waals surface area contributed by atoms with E-state index in [0.29, 0.717) is 11.7 Å². The summed E-state index contributed by atoms with van der Waals surface area (Å²) in [6.45, 7) is 8.84. The van der Waals surface area contributed by atoms with Crippen LogP contribution in [0.2, 0.25) is 0 Å². The van der Waals surface area contributed by atoms with Crippen LogP contribution in [0.5, 0.6) is 0 Å². The summed E-state index contributed by atoms with van der Waals surface area (Å²) in [7, 11) is 0. The summed E-state index contributed by atoms with van der Waals surface area (Å²) in [5, 5.41) is 0.511. The van der Waals surface area contributed by atoms with Gasteiger partial charge >= 0.3 is 0 Å². The van der Waals surface area contributed by atoms with Gasteiger partial charge in [-0.15, -0.1) is 11.8 Å². The first-order valence-electron chi connectivity index (χ1n) is 8.49. The zero-order valence-electron chi connectivity index (χ0n) is 14.8. The minimum atomic E-state index is -0.351. The fourth-order valence-electron chi connectivity index (χ4n) is 2.71. The molecule has 2 atom stereocenters. The molecule has 2 rings (SSSR count). The Balaban J connectivity index is 2.04. The van der Waals surface area contributed by atoms with E-state index >= 15 is 0 Å². The molecule has 2 unspecified atom stereocenters. The quantitative estimate of drug-likeness (QED) is 0.821. The topological polar surface area (TPSA) is 61.4 Å². The van der Waals surface area contributed by atoms with Crippen molar-refractivity contribution in [2.45, 2.75) is 56.7 Å². The summed E-state index contributed by atoms with van der Waals surface area (Å²) < 4.78 is 0. The first-order valence-corrected chi connectivity index (χ1v) is 9.37. The van der Waals surface area contributed by atoms with Crippen molar-refractivity contribution in [3.05, 3.63) is 24.3 Å². The number of para-hydroxylation sites is 1. The Morgan fingerprint density at radius 1 is 1.25 bits per heavy atom. The molecule has 1 heterocycles. The predicted octanol–water partition coefficient (Wildman–Crippen LogP) is 2.96. The zero-order valence-corrected chi connectivity index (χ0v) is 15.7. The van der Waals surface area contributed by atoms with E-state index in [1.165, 1.54) is 4.90 Å². The Kier molecular flexibility index (Phi) is 6.54. The molecule has 0 aliphatic carbocycles. The number of benzene rings is 1. The highest BCUT2D eigenvalue weighted by molar-refractivity contribution is 8.00. The van der Waals surface area contributed by atoms with Crippen LogP contribution in [0.25, 0.3) is 0 Å². The molecule has 1 aromatic carbocycles. The number of hydrazine groups is 1. The van der Waals surface area contributed by atoms with E-state index < -0.39 is 0 Å². The summed E-state index contributed by atoms with van der Waals surface area (Å²) in [5.41, 5.74) is 6.16. The Labute approximate surface area is 148 Å². The number of carbonyl (C=O) groups is 2. The van der Waals surface area contributed by atoms with Crippen molar-refractivity contribution in [1.29, 1.82) is 0 Å². The maximum absolute atomic E-state index is 12.5. The largest absolute Gasteiger partial charge is 0.359 e. The van der Waals surface area contributed by atoms with Gasteiger partial charge in [0.05, 0.1) is 5.69 Å². The summed E-state index contributed by atoms with van der Waals surface area (Å²) in [4.78, 5) is 27.5. The molecular formula is C18H27N3O2S. The van der Waals surface area contributed by atoms with E-state index in [2.05, 4.69) is 34.8 Å². The molecule has 0 saturated carbocycles. The summed E-state index contributed by atoms with van der Waals surface area (Å²) in [5.74, 6) is -0.0946. The van der Waals surface area contributed by atoms with Crippen LogP contribution in [0.15, 0.2) is 29.2 Å². The van der Waals surface area contributed by atoms with E-state index in [1.807, 2.05) is 44.7 Å². The molecule has 132 valence electrons. The minimum absolute atomic E-state index is 0.161. The number of thioether (sulfide) groups is 1. The SMILES string of the molecule is CC(C)CC(=O)NNC(=O)C(C)N1CCC(C)Sc2ccccc21. The molecular weight excluding hydrogens is 322 g/mol. The molecule has 24 heavy (non-hydrogen) atoms. The van der Waals surface area contributed by atoms with Crippen molar-refractivity contribution in [3.8, 4) is 0 Å². The van der Waals surface area contributed by atoms with Gasteiger partial charge in [0.2, 0.25) is 5.91 Å². The lowest BCUT2D eigenvalue weighted by Crippen LogP contribution is -2.51. The van der Waals surface area contributed by atoms with Crippen LogP contribution >= 0.6 is 11.8 Å². The van der Waals surface area contributed by atoms with Crippen molar-refractivity contribution >= 4 is 29.3 Å². The molecule has 0 radical (unpaired) electrons. The second kappa shape index (κ2) is 8.42. The van der Waals surface area contributed by atoms with Crippen LogP contribution < -0.4 is 15.8 Å². The molecule has 0 fully saturated rings. The molecule has 0 saturated heterocycles. The minimum Gasteiger partial charge on any atom is -0.359 e. The fraction of sp³-hybridized carbons (Fsp3) is 0.556. The fourth-order valence-corrected chi connectivity index (χ4v) is 3.83. The van der Waals surface area contributed by atoms with Crippen LogP contribution in [-0.2, 0) is 9.59 Å². The van der Waals surface area contributed by atoms with Crippen LogP contribution in [0, 0.1) is 5.92 Å². The van der Waals surface area contributed by atoms with Gasteiger partial charge in [-0.2, -0.15) is 0 Å². The average molecular weight is 350 g/mol. The first kappa shape index (κ1) is 18.6. The van der Waals surface area contributed by atoms with Crippen molar-refractivity contribution in [2.75, 3.05) is 11.4 Å². The summed E-state index contributed by atoms with van der Waals surface area (Å²) in [6.07, 6.45) is 1.41. The third-order valence-corrected chi connectivity index (χ3v) is 5.28. The third-order valence-electron chi connectivity index (χ3n) is 4.05. The predicted molar refractivity (Wildman–Crippen MR) is 98.9 cm³/mol. The van der Waals surface area contributed by atoms with E-state index in [9.17, 15) is 9.59 Å². The lowest BCUT2D eigenvalue weighted by atomic mass is 10.1. The van der Waals surface area contributed by atoms with Crippen LogP contribution in [0.3, 0.4) is 0 Å². The Hall–Kier alpha value is -1.69. The Morgan fingerprint density at radius 3 is 2.67 bits per heavy atom. The molecule has 6 heteroatoms. The van der Waals surface area contributed by atoms with Gasteiger partial charge in [-0.3, -0.25) is 20.4 Å². The monoisotopic (exact) mass is 349 g/mol. The molecule has 0 aromatic heterocycles. The average Bonchev–Trinajstić information content (AvgIpc) is 2.69. The summed E-state index contributed by atoms with van der Waals surface area (Å²) in [6, 6.07) is 7.83. The van der Waals surface area contributed by atoms with E-state index in [-0.39, 0.29) is 23.8 Å². The molecule has 0 spiro atoms. The number of carbonyl (C=O) groups excluding carboxylic acids is 2. The third kappa shape index (κ3) is 4.90.